The normalized spacial score (nSPS) is 11.1. The molecule has 0 saturated carbocycles. The van der Waals surface area contributed by atoms with Gasteiger partial charge in [0.2, 0.25) is 0 Å². The molecule has 0 aliphatic carbocycles. The van der Waals surface area contributed by atoms with Crippen molar-refractivity contribution in [2.24, 2.45) is 0 Å². The Balaban J connectivity index is 2.47. The first kappa shape index (κ1) is 10.3. The highest BCUT2D eigenvalue weighted by Gasteiger charge is 2.05. The molecule has 0 bridgehead atoms. The lowest BCUT2D eigenvalue weighted by atomic mass is 9.97. The molecule has 0 heterocycles. The van der Waals surface area contributed by atoms with Crippen LogP contribution < -0.4 is 5.48 Å². The van der Waals surface area contributed by atoms with E-state index in [2.05, 4.69) is 35.8 Å². The van der Waals surface area contributed by atoms with E-state index in [0.29, 0.717) is 6.54 Å². The van der Waals surface area contributed by atoms with Crippen molar-refractivity contribution in [3.63, 3.8) is 0 Å². The zero-order valence-corrected chi connectivity index (χ0v) is 9.35. The van der Waals surface area contributed by atoms with Crippen LogP contribution in [0.2, 0.25) is 0 Å². The molecule has 0 aromatic heterocycles. The van der Waals surface area contributed by atoms with Crippen LogP contribution in [0, 0.1) is 0 Å². The maximum Gasteiger partial charge on any atom is 0.0470 e. The molecule has 84 valence electrons. The summed E-state index contributed by atoms with van der Waals surface area (Å²) >= 11 is 0. The summed E-state index contributed by atoms with van der Waals surface area (Å²) in [5, 5.41) is 13.8. The van der Waals surface area contributed by atoms with Gasteiger partial charge in [-0.15, -0.1) is 0 Å². The van der Waals surface area contributed by atoms with Crippen LogP contribution in [-0.4, -0.2) is 5.21 Å². The molecule has 3 aromatic carbocycles. The Morgan fingerprint density at radius 1 is 0.824 bits per heavy atom. The van der Waals surface area contributed by atoms with Gasteiger partial charge in [0.15, 0.2) is 0 Å². The van der Waals surface area contributed by atoms with E-state index < -0.39 is 0 Å². The molecular formula is C15H13NO. The molecule has 0 aliphatic rings. The minimum Gasteiger partial charge on any atom is -0.316 e. The summed E-state index contributed by atoms with van der Waals surface area (Å²) in [6.07, 6.45) is 0. The van der Waals surface area contributed by atoms with Gasteiger partial charge in [0.25, 0.3) is 0 Å². The van der Waals surface area contributed by atoms with E-state index in [4.69, 9.17) is 5.21 Å². The van der Waals surface area contributed by atoms with Crippen LogP contribution in [0.1, 0.15) is 5.56 Å². The average molecular weight is 223 g/mol. The molecule has 2 nitrogen and oxygen atoms in total. The summed E-state index contributed by atoms with van der Waals surface area (Å²) in [5.74, 6) is 0. The van der Waals surface area contributed by atoms with Crippen molar-refractivity contribution >= 4 is 21.5 Å². The molecular weight excluding hydrogens is 210 g/mol. The highest BCUT2D eigenvalue weighted by atomic mass is 16.5. The summed E-state index contributed by atoms with van der Waals surface area (Å²) in [6, 6.07) is 18.7. The fourth-order valence-corrected chi connectivity index (χ4v) is 2.38. The van der Waals surface area contributed by atoms with Gasteiger partial charge in [-0.2, -0.15) is 0 Å². The Morgan fingerprint density at radius 3 is 1.88 bits per heavy atom. The third-order valence-corrected chi connectivity index (χ3v) is 3.14. The largest absolute Gasteiger partial charge is 0.316 e. The lowest BCUT2D eigenvalue weighted by Gasteiger charge is -2.10. The van der Waals surface area contributed by atoms with Crippen LogP contribution >= 0.6 is 0 Å². The van der Waals surface area contributed by atoms with Gasteiger partial charge in [-0.25, -0.2) is 5.48 Å². The minimum absolute atomic E-state index is 0.460. The van der Waals surface area contributed by atoms with Gasteiger partial charge in [-0.05, 0) is 33.2 Å². The van der Waals surface area contributed by atoms with Crippen LogP contribution in [0.4, 0.5) is 0 Å². The van der Waals surface area contributed by atoms with E-state index >= 15 is 0 Å². The zero-order valence-electron chi connectivity index (χ0n) is 9.35. The van der Waals surface area contributed by atoms with E-state index in [1.165, 1.54) is 21.5 Å². The lowest BCUT2D eigenvalue weighted by molar-refractivity contribution is 0.162. The van der Waals surface area contributed by atoms with Gasteiger partial charge in [0.1, 0.15) is 0 Å². The van der Waals surface area contributed by atoms with Crippen molar-refractivity contribution in [2.45, 2.75) is 6.54 Å². The Kier molecular flexibility index (Phi) is 2.52. The topological polar surface area (TPSA) is 32.3 Å². The first-order valence-corrected chi connectivity index (χ1v) is 5.66. The first-order chi connectivity index (χ1) is 8.40. The quantitative estimate of drug-likeness (QED) is 0.515. The lowest BCUT2D eigenvalue weighted by Crippen LogP contribution is -2.07. The summed E-state index contributed by atoms with van der Waals surface area (Å²) < 4.78 is 0. The van der Waals surface area contributed by atoms with Crippen LogP contribution in [0.5, 0.6) is 0 Å². The van der Waals surface area contributed by atoms with Crippen molar-refractivity contribution in [2.75, 3.05) is 0 Å². The van der Waals surface area contributed by atoms with Gasteiger partial charge >= 0.3 is 0 Å². The molecule has 3 aromatic rings. The van der Waals surface area contributed by atoms with Crippen molar-refractivity contribution in [3.8, 4) is 0 Å². The van der Waals surface area contributed by atoms with Crippen LogP contribution in [-0.2, 0) is 6.54 Å². The van der Waals surface area contributed by atoms with E-state index in [-0.39, 0.29) is 0 Å². The smallest absolute Gasteiger partial charge is 0.0470 e. The average Bonchev–Trinajstić information content (AvgIpc) is 2.39. The standard InChI is InChI=1S/C15H13NO/c17-16-10-15-13-7-3-1-5-11(13)9-12-6-2-4-8-14(12)15/h1-9,16-17H,10H2. The summed E-state index contributed by atoms with van der Waals surface area (Å²) in [4.78, 5) is 0. The second-order valence-corrected chi connectivity index (χ2v) is 4.13. The molecule has 0 spiro atoms. The van der Waals surface area contributed by atoms with E-state index in [9.17, 15) is 0 Å². The monoisotopic (exact) mass is 223 g/mol. The van der Waals surface area contributed by atoms with Gasteiger partial charge < -0.3 is 5.21 Å². The second-order valence-electron chi connectivity index (χ2n) is 4.13. The van der Waals surface area contributed by atoms with Crippen LogP contribution in [0.25, 0.3) is 21.5 Å². The van der Waals surface area contributed by atoms with Crippen molar-refractivity contribution in [1.82, 2.24) is 5.48 Å². The fraction of sp³-hybridized carbons (Fsp3) is 0.0667. The number of hydrogen-bond acceptors (Lipinski definition) is 2. The molecule has 0 saturated heterocycles. The molecule has 0 fully saturated rings. The summed E-state index contributed by atoms with van der Waals surface area (Å²) in [7, 11) is 0. The third-order valence-electron chi connectivity index (χ3n) is 3.14. The highest BCUT2D eigenvalue weighted by molar-refractivity contribution is 6.02. The molecule has 0 unspecified atom stereocenters. The number of hydroxylamine groups is 1. The molecule has 0 aliphatic heterocycles. The maximum absolute atomic E-state index is 8.99. The van der Waals surface area contributed by atoms with Crippen molar-refractivity contribution < 1.29 is 5.21 Å². The second kappa shape index (κ2) is 4.17. The molecule has 2 N–H and O–H groups in total. The molecule has 0 amide bonds. The van der Waals surface area contributed by atoms with E-state index in [1.807, 2.05) is 24.3 Å². The Hall–Kier alpha value is -1.90. The minimum atomic E-state index is 0.460. The zero-order chi connectivity index (χ0) is 11.7. The highest BCUT2D eigenvalue weighted by Crippen LogP contribution is 2.28. The molecule has 17 heavy (non-hydrogen) atoms. The molecule has 0 radical (unpaired) electrons. The number of nitrogens with one attached hydrogen (secondary N) is 1. The number of hydrogen-bond donors (Lipinski definition) is 2. The van der Waals surface area contributed by atoms with Gasteiger partial charge in [0, 0.05) is 6.54 Å². The van der Waals surface area contributed by atoms with Gasteiger partial charge in [0.05, 0.1) is 0 Å². The fourth-order valence-electron chi connectivity index (χ4n) is 2.38. The number of rotatable bonds is 2. The molecule has 0 atom stereocenters. The predicted octanol–water partition coefficient (Wildman–Crippen LogP) is 3.47. The molecule has 3 rings (SSSR count). The SMILES string of the molecule is ONCc1c2ccccc2cc2ccccc12. The van der Waals surface area contributed by atoms with Crippen molar-refractivity contribution in [3.05, 3.63) is 60.2 Å². The molecule has 2 heteroatoms. The predicted molar refractivity (Wildman–Crippen MR) is 70.1 cm³/mol. The van der Waals surface area contributed by atoms with Crippen molar-refractivity contribution in [1.29, 1.82) is 0 Å². The van der Waals surface area contributed by atoms with Crippen LogP contribution in [0.15, 0.2) is 54.6 Å². The Bertz CT molecular complexity index is 622. The third kappa shape index (κ3) is 1.68. The number of benzene rings is 3. The van der Waals surface area contributed by atoms with E-state index in [0.717, 1.165) is 5.56 Å². The number of fused-ring (bicyclic) bond motifs is 2. The summed E-state index contributed by atoms with van der Waals surface area (Å²) in [6.45, 7) is 0.460. The van der Waals surface area contributed by atoms with Gasteiger partial charge in [-0.3, -0.25) is 0 Å². The van der Waals surface area contributed by atoms with E-state index in [1.54, 1.807) is 0 Å². The first-order valence-electron chi connectivity index (χ1n) is 5.66. The maximum atomic E-state index is 8.99. The summed E-state index contributed by atoms with van der Waals surface area (Å²) in [5.41, 5.74) is 3.41. The Labute approximate surface area is 99.5 Å². The Morgan fingerprint density at radius 2 is 1.35 bits per heavy atom. The van der Waals surface area contributed by atoms with Crippen LogP contribution in [0.3, 0.4) is 0 Å². The van der Waals surface area contributed by atoms with Gasteiger partial charge in [-0.1, -0.05) is 48.5 Å².